The third-order valence-corrected chi connectivity index (χ3v) is 6.64. The highest BCUT2D eigenvalue weighted by molar-refractivity contribution is 6.30. The number of aromatic nitrogens is 5. The van der Waals surface area contributed by atoms with Crippen molar-refractivity contribution in [2.75, 3.05) is 10.6 Å². The zero-order valence-corrected chi connectivity index (χ0v) is 24.5. The predicted molar refractivity (Wildman–Crippen MR) is 168 cm³/mol. The number of hydrogen-bond acceptors (Lipinski definition) is 8. The Kier molecular flexibility index (Phi) is 10.2. The molecule has 0 spiro atoms. The van der Waals surface area contributed by atoms with Crippen molar-refractivity contribution < 1.29 is 19.1 Å². The lowest BCUT2D eigenvalue weighted by Crippen LogP contribution is -2.44. The van der Waals surface area contributed by atoms with Gasteiger partial charge >= 0.3 is 6.09 Å². The first kappa shape index (κ1) is 30.6. The number of carbonyl (C=O) groups is 3. The van der Waals surface area contributed by atoms with E-state index in [1.54, 1.807) is 73.1 Å². The van der Waals surface area contributed by atoms with Crippen LogP contribution in [0.15, 0.2) is 110 Å². The number of hydrogen-bond donors (Lipinski definition) is 3. The van der Waals surface area contributed by atoms with Gasteiger partial charge in [-0.1, -0.05) is 48.0 Å². The second-order valence-corrected chi connectivity index (χ2v) is 10.1. The molecule has 3 aromatic carbocycles. The van der Waals surface area contributed by atoms with Gasteiger partial charge in [-0.15, -0.1) is 5.10 Å². The van der Waals surface area contributed by atoms with E-state index in [0.717, 1.165) is 11.1 Å². The van der Waals surface area contributed by atoms with Crippen LogP contribution in [0.2, 0.25) is 5.02 Å². The van der Waals surface area contributed by atoms with E-state index in [2.05, 4.69) is 36.5 Å². The van der Waals surface area contributed by atoms with Gasteiger partial charge in [0.2, 0.25) is 11.8 Å². The lowest BCUT2D eigenvalue weighted by molar-refractivity contribution is -0.123. The minimum Gasteiger partial charge on any atom is -0.444 e. The molecule has 0 aliphatic rings. The van der Waals surface area contributed by atoms with E-state index in [1.165, 1.54) is 17.1 Å². The number of anilines is 2. The van der Waals surface area contributed by atoms with Gasteiger partial charge in [0.25, 0.3) is 0 Å². The Hall–Kier alpha value is -5.88. The van der Waals surface area contributed by atoms with Crippen molar-refractivity contribution in [3.8, 4) is 5.69 Å². The summed E-state index contributed by atoms with van der Waals surface area (Å²) >= 11 is 6.18. The molecule has 0 fully saturated rings. The molecule has 0 bridgehead atoms. The molecule has 0 radical (unpaired) electrons. The molecule has 0 saturated heterocycles. The molecule has 5 aromatic rings. The Labute approximate surface area is 263 Å². The first-order chi connectivity index (χ1) is 21.9. The van der Waals surface area contributed by atoms with Gasteiger partial charge in [0.15, 0.2) is 0 Å². The van der Waals surface area contributed by atoms with Crippen molar-refractivity contribution in [2.45, 2.75) is 19.1 Å². The van der Waals surface area contributed by atoms with Crippen LogP contribution in [-0.2, 0) is 27.4 Å². The summed E-state index contributed by atoms with van der Waals surface area (Å²) in [5.41, 5.74) is 3.79. The first-order valence-corrected chi connectivity index (χ1v) is 14.1. The summed E-state index contributed by atoms with van der Waals surface area (Å²) in [5, 5.41) is 19.9. The van der Waals surface area contributed by atoms with E-state index in [0.29, 0.717) is 27.6 Å². The Morgan fingerprint density at radius 2 is 1.67 bits per heavy atom. The van der Waals surface area contributed by atoms with Gasteiger partial charge in [-0.25, -0.2) is 4.79 Å². The van der Waals surface area contributed by atoms with Crippen molar-refractivity contribution >= 4 is 47.0 Å². The number of nitrogens with zero attached hydrogens (tertiary/aromatic N) is 5. The monoisotopic (exact) mass is 622 g/mol. The molecule has 2 heterocycles. The summed E-state index contributed by atoms with van der Waals surface area (Å²) in [5.74, 6) is -0.910. The number of nitrogens with one attached hydrogen (secondary N) is 3. The standard InChI is InChI=1S/C32H27ClN8O4/c33-25-9-14-29(41-21-35-39-40-41)24(18-25)8-15-30(42)38-28(17-22-5-2-1-3-6-22)31(43)36-26-10-12-27(13-11-26)37-32(44)45-20-23-7-4-16-34-19-23/h1-16,18-19,21,28H,17,20H2,(H,36,43)(H,37,44)(H,38,42)/b15-8+/t28-/m0/s1. The smallest absolute Gasteiger partial charge is 0.411 e. The molecule has 13 heteroatoms. The van der Waals surface area contributed by atoms with Crippen LogP contribution in [0.25, 0.3) is 11.8 Å². The lowest BCUT2D eigenvalue weighted by Gasteiger charge is -2.18. The Bertz CT molecular complexity index is 1770. The molecule has 226 valence electrons. The van der Waals surface area contributed by atoms with Crippen LogP contribution in [0.1, 0.15) is 16.7 Å². The lowest BCUT2D eigenvalue weighted by atomic mass is 10.0. The van der Waals surface area contributed by atoms with Crippen LogP contribution in [0, 0.1) is 0 Å². The van der Waals surface area contributed by atoms with Gasteiger partial charge in [-0.3, -0.25) is 19.9 Å². The minimum absolute atomic E-state index is 0.0804. The quantitative estimate of drug-likeness (QED) is 0.177. The van der Waals surface area contributed by atoms with E-state index in [4.69, 9.17) is 16.3 Å². The molecule has 2 aromatic heterocycles. The van der Waals surface area contributed by atoms with Crippen LogP contribution < -0.4 is 16.0 Å². The number of amides is 3. The average molecular weight is 623 g/mol. The number of halogens is 1. The summed E-state index contributed by atoms with van der Waals surface area (Å²) in [6.45, 7) is 0.0804. The molecule has 1 atom stereocenters. The van der Waals surface area contributed by atoms with Gasteiger partial charge in [0.05, 0.1) is 5.69 Å². The van der Waals surface area contributed by atoms with E-state index in [1.807, 2.05) is 30.3 Å². The molecule has 45 heavy (non-hydrogen) atoms. The number of pyridine rings is 1. The molecule has 0 aliphatic carbocycles. The largest absolute Gasteiger partial charge is 0.444 e. The first-order valence-electron chi connectivity index (χ1n) is 13.7. The number of rotatable bonds is 11. The maximum atomic E-state index is 13.4. The molecule has 0 saturated carbocycles. The molecule has 12 nitrogen and oxygen atoms in total. The van der Waals surface area contributed by atoms with E-state index < -0.39 is 23.9 Å². The molecule has 3 amide bonds. The zero-order valence-electron chi connectivity index (χ0n) is 23.7. The third kappa shape index (κ3) is 9.05. The van der Waals surface area contributed by atoms with Crippen LogP contribution >= 0.6 is 11.6 Å². The fraction of sp³-hybridized carbons (Fsp3) is 0.0938. The fourth-order valence-electron chi connectivity index (χ4n) is 4.24. The van der Waals surface area contributed by atoms with Crippen molar-refractivity contribution in [1.82, 2.24) is 30.5 Å². The van der Waals surface area contributed by atoms with E-state index in [-0.39, 0.29) is 13.0 Å². The molecular formula is C32H27ClN8O4. The maximum Gasteiger partial charge on any atom is 0.411 e. The molecule has 5 rings (SSSR count). The van der Waals surface area contributed by atoms with Crippen LogP contribution in [0.4, 0.5) is 16.2 Å². The number of benzene rings is 3. The fourth-order valence-corrected chi connectivity index (χ4v) is 4.42. The molecule has 0 aliphatic heterocycles. The van der Waals surface area contributed by atoms with E-state index >= 15 is 0 Å². The summed E-state index contributed by atoms with van der Waals surface area (Å²) < 4.78 is 6.66. The minimum atomic E-state index is -0.900. The Morgan fingerprint density at radius 1 is 0.911 bits per heavy atom. The second-order valence-electron chi connectivity index (χ2n) is 9.67. The normalized spacial score (nSPS) is 11.5. The topological polar surface area (TPSA) is 153 Å². The average Bonchev–Trinajstić information content (AvgIpc) is 3.59. The number of tetrazole rings is 1. The van der Waals surface area contributed by atoms with Crippen LogP contribution in [0.5, 0.6) is 0 Å². The van der Waals surface area contributed by atoms with Crippen molar-refractivity contribution in [1.29, 1.82) is 0 Å². The summed E-state index contributed by atoms with van der Waals surface area (Å²) in [6, 6.07) is 23.6. The maximum absolute atomic E-state index is 13.4. The highest BCUT2D eigenvalue weighted by atomic mass is 35.5. The van der Waals surface area contributed by atoms with Crippen molar-refractivity contribution in [2.24, 2.45) is 0 Å². The van der Waals surface area contributed by atoms with Gasteiger partial charge in [0.1, 0.15) is 19.0 Å². The van der Waals surface area contributed by atoms with E-state index in [9.17, 15) is 14.4 Å². The van der Waals surface area contributed by atoms with Crippen LogP contribution in [0.3, 0.4) is 0 Å². The number of carbonyl (C=O) groups excluding carboxylic acids is 3. The van der Waals surface area contributed by atoms with Gasteiger partial charge in [-0.05, 0) is 70.6 Å². The summed E-state index contributed by atoms with van der Waals surface area (Å²) in [4.78, 5) is 42.6. The van der Waals surface area contributed by atoms with Crippen molar-refractivity contribution in [3.63, 3.8) is 0 Å². The second kappa shape index (κ2) is 15.0. The Balaban J connectivity index is 1.23. The zero-order chi connectivity index (χ0) is 31.4. The van der Waals surface area contributed by atoms with Gasteiger partial charge in [-0.2, -0.15) is 4.68 Å². The molecule has 0 unspecified atom stereocenters. The molecule has 3 N–H and O–H groups in total. The Morgan fingerprint density at radius 3 is 2.38 bits per heavy atom. The highest BCUT2D eigenvalue weighted by Crippen LogP contribution is 2.20. The molecular weight excluding hydrogens is 596 g/mol. The summed E-state index contributed by atoms with van der Waals surface area (Å²) in [7, 11) is 0. The van der Waals surface area contributed by atoms with Gasteiger partial charge in [0, 0.05) is 52.4 Å². The highest BCUT2D eigenvalue weighted by Gasteiger charge is 2.21. The van der Waals surface area contributed by atoms with Gasteiger partial charge < -0.3 is 15.4 Å². The SMILES string of the molecule is O=C(/C=C/c1cc(Cl)ccc1-n1cnnn1)N[C@@H](Cc1ccccc1)C(=O)Nc1ccc(NC(=O)OCc2cccnc2)cc1. The van der Waals surface area contributed by atoms with Crippen LogP contribution in [-0.4, -0.2) is 49.1 Å². The number of ether oxygens (including phenoxy) is 1. The third-order valence-electron chi connectivity index (χ3n) is 6.41. The summed E-state index contributed by atoms with van der Waals surface area (Å²) in [6.07, 6.45) is 7.19. The predicted octanol–water partition coefficient (Wildman–Crippen LogP) is 4.84. The van der Waals surface area contributed by atoms with Crippen molar-refractivity contribution in [3.05, 3.63) is 131 Å².